The number of hydrogen-bond acceptors (Lipinski definition) is 2. The minimum absolute atomic E-state index is 0.232. The van der Waals surface area contributed by atoms with Crippen molar-refractivity contribution in [3.8, 4) is 0 Å². The molecule has 1 heterocycles. The number of hydrogen-bond donors (Lipinski definition) is 1. The van der Waals surface area contributed by atoms with Crippen LogP contribution in [0.5, 0.6) is 0 Å². The third-order valence-corrected chi connectivity index (χ3v) is 4.08. The Labute approximate surface area is 138 Å². The van der Waals surface area contributed by atoms with Gasteiger partial charge < -0.3 is 5.32 Å². The summed E-state index contributed by atoms with van der Waals surface area (Å²) in [6.45, 7) is 1.98. The summed E-state index contributed by atoms with van der Waals surface area (Å²) in [4.78, 5) is 16.5. The molecule has 1 amide bonds. The summed E-state index contributed by atoms with van der Waals surface area (Å²) in [6.07, 6.45) is 1.68. The molecule has 1 aliphatic heterocycles. The number of rotatable bonds is 2. The van der Waals surface area contributed by atoms with Gasteiger partial charge in [-0.25, -0.2) is 4.99 Å². The molecule has 1 N–H and O–H groups in total. The van der Waals surface area contributed by atoms with Crippen molar-refractivity contribution in [2.45, 2.75) is 6.92 Å². The van der Waals surface area contributed by atoms with Crippen molar-refractivity contribution in [1.29, 1.82) is 0 Å². The predicted octanol–water partition coefficient (Wildman–Crippen LogP) is 4.22. The molecule has 110 valence electrons. The number of aliphatic imine (C=N–C) groups is 1. The number of benzene rings is 2. The molecule has 1 aliphatic rings. The lowest BCUT2D eigenvalue weighted by atomic mass is 10.1. The molecule has 5 heteroatoms. The molecule has 3 nitrogen and oxygen atoms in total. The minimum Gasteiger partial charge on any atom is -0.305 e. The van der Waals surface area contributed by atoms with Crippen LogP contribution in [0.4, 0.5) is 0 Å². The van der Waals surface area contributed by atoms with E-state index in [9.17, 15) is 4.79 Å². The van der Waals surface area contributed by atoms with Gasteiger partial charge in [-0.3, -0.25) is 4.79 Å². The lowest BCUT2D eigenvalue weighted by molar-refractivity contribution is -0.115. The van der Waals surface area contributed by atoms with E-state index in [1.54, 1.807) is 24.3 Å². The van der Waals surface area contributed by atoms with Gasteiger partial charge in [0.25, 0.3) is 5.91 Å². The molecule has 0 radical (unpaired) electrons. The van der Waals surface area contributed by atoms with E-state index < -0.39 is 0 Å². The van der Waals surface area contributed by atoms with Crippen molar-refractivity contribution in [3.05, 3.63) is 74.9 Å². The second-order valence-electron chi connectivity index (χ2n) is 4.93. The Kier molecular flexibility index (Phi) is 4.01. The average Bonchev–Trinajstić information content (AvgIpc) is 2.84. The number of aryl methyl sites for hydroxylation is 1. The third-order valence-electron chi connectivity index (χ3n) is 3.34. The zero-order chi connectivity index (χ0) is 15.7. The molecule has 22 heavy (non-hydrogen) atoms. The molecule has 0 spiro atoms. The molecule has 0 aromatic heterocycles. The van der Waals surface area contributed by atoms with Crippen molar-refractivity contribution in [2.24, 2.45) is 4.99 Å². The van der Waals surface area contributed by atoms with Gasteiger partial charge in [-0.05, 0) is 36.3 Å². The van der Waals surface area contributed by atoms with E-state index in [-0.39, 0.29) is 5.91 Å². The first-order valence-corrected chi connectivity index (χ1v) is 7.43. The van der Waals surface area contributed by atoms with Crippen LogP contribution < -0.4 is 5.32 Å². The highest BCUT2D eigenvalue weighted by Crippen LogP contribution is 2.24. The largest absolute Gasteiger partial charge is 0.305 e. The van der Waals surface area contributed by atoms with E-state index in [4.69, 9.17) is 23.2 Å². The van der Waals surface area contributed by atoms with Gasteiger partial charge >= 0.3 is 0 Å². The van der Waals surface area contributed by atoms with Crippen LogP contribution in [-0.4, -0.2) is 11.7 Å². The van der Waals surface area contributed by atoms with Gasteiger partial charge in [0.1, 0.15) is 11.5 Å². The van der Waals surface area contributed by atoms with Crippen LogP contribution in [0.3, 0.4) is 0 Å². The van der Waals surface area contributed by atoms with Crippen LogP contribution in [0.25, 0.3) is 6.08 Å². The highest BCUT2D eigenvalue weighted by Gasteiger charge is 2.21. The molecule has 0 atom stereocenters. The number of amidine groups is 1. The smallest absolute Gasteiger partial charge is 0.275 e. The maximum atomic E-state index is 12.1. The predicted molar refractivity (Wildman–Crippen MR) is 90.3 cm³/mol. The fourth-order valence-corrected chi connectivity index (χ4v) is 2.50. The molecule has 2 aromatic carbocycles. The van der Waals surface area contributed by atoms with E-state index >= 15 is 0 Å². The van der Waals surface area contributed by atoms with Crippen molar-refractivity contribution < 1.29 is 4.79 Å². The first kappa shape index (κ1) is 14.8. The van der Waals surface area contributed by atoms with Gasteiger partial charge in [-0.1, -0.05) is 53.5 Å². The zero-order valence-corrected chi connectivity index (χ0v) is 13.2. The Morgan fingerprint density at radius 3 is 2.59 bits per heavy atom. The van der Waals surface area contributed by atoms with Gasteiger partial charge in [-0.2, -0.15) is 0 Å². The Morgan fingerprint density at radius 2 is 1.86 bits per heavy atom. The van der Waals surface area contributed by atoms with Crippen LogP contribution in [0.2, 0.25) is 10.0 Å². The molecule has 3 rings (SSSR count). The number of nitrogens with one attached hydrogen (secondary N) is 1. The average molecular weight is 331 g/mol. The van der Waals surface area contributed by atoms with Crippen LogP contribution in [0, 0.1) is 6.92 Å². The van der Waals surface area contributed by atoms with Crippen LogP contribution in [0.1, 0.15) is 16.7 Å². The second-order valence-corrected chi connectivity index (χ2v) is 5.75. The molecule has 0 aliphatic carbocycles. The number of carbonyl (C=O) groups excluding carboxylic acids is 1. The van der Waals surface area contributed by atoms with Crippen molar-refractivity contribution in [1.82, 2.24) is 5.32 Å². The number of halogens is 2. The quantitative estimate of drug-likeness (QED) is 0.823. The Morgan fingerprint density at radius 1 is 1.09 bits per heavy atom. The lowest BCUT2D eigenvalue weighted by Gasteiger charge is -2.03. The molecular weight excluding hydrogens is 319 g/mol. The summed E-state index contributed by atoms with van der Waals surface area (Å²) in [5.74, 6) is 0.332. The topological polar surface area (TPSA) is 41.5 Å². The maximum absolute atomic E-state index is 12.1. The fourth-order valence-electron chi connectivity index (χ4n) is 2.19. The highest BCUT2D eigenvalue weighted by atomic mass is 35.5. The van der Waals surface area contributed by atoms with Gasteiger partial charge in [0.2, 0.25) is 0 Å². The first-order chi connectivity index (χ1) is 10.5. The van der Waals surface area contributed by atoms with Crippen molar-refractivity contribution in [2.75, 3.05) is 0 Å². The SMILES string of the molecule is Cc1ccccc1C1=N/C(=C/c2ccc(Cl)c(Cl)c2)C(=O)N1. The minimum atomic E-state index is -0.232. The molecule has 0 unspecified atom stereocenters. The standard InChI is InChI=1S/C17H12Cl2N2O/c1-10-4-2-3-5-12(10)16-20-15(17(22)21-16)9-11-6-7-13(18)14(19)8-11/h2-9H,1H3,(H,20,21,22)/b15-9+. The molecule has 2 aromatic rings. The van der Waals surface area contributed by atoms with Crippen LogP contribution in [-0.2, 0) is 4.79 Å². The normalized spacial score (nSPS) is 15.9. The summed E-state index contributed by atoms with van der Waals surface area (Å²) in [5.41, 5.74) is 3.08. The molecule has 0 bridgehead atoms. The van der Waals surface area contributed by atoms with E-state index in [2.05, 4.69) is 10.3 Å². The summed E-state index contributed by atoms with van der Waals surface area (Å²) < 4.78 is 0. The van der Waals surface area contributed by atoms with Crippen molar-refractivity contribution >= 4 is 41.0 Å². The second kappa shape index (κ2) is 5.95. The van der Waals surface area contributed by atoms with Gasteiger partial charge in [-0.15, -0.1) is 0 Å². The van der Waals surface area contributed by atoms with Gasteiger partial charge in [0, 0.05) is 5.56 Å². The third kappa shape index (κ3) is 2.91. The van der Waals surface area contributed by atoms with E-state index in [1.807, 2.05) is 31.2 Å². The van der Waals surface area contributed by atoms with Gasteiger partial charge in [0.15, 0.2) is 0 Å². The number of carbonyl (C=O) groups is 1. The van der Waals surface area contributed by atoms with E-state index in [1.165, 1.54) is 0 Å². The molecule has 0 fully saturated rings. The van der Waals surface area contributed by atoms with Crippen LogP contribution >= 0.6 is 23.2 Å². The lowest BCUT2D eigenvalue weighted by Crippen LogP contribution is -2.25. The summed E-state index contributed by atoms with van der Waals surface area (Å²) in [5, 5.41) is 3.71. The molecule has 0 saturated carbocycles. The summed E-state index contributed by atoms with van der Waals surface area (Å²) in [6, 6.07) is 12.9. The van der Waals surface area contributed by atoms with E-state index in [0.717, 1.165) is 16.7 Å². The van der Waals surface area contributed by atoms with Crippen LogP contribution in [0.15, 0.2) is 53.2 Å². The highest BCUT2D eigenvalue weighted by molar-refractivity contribution is 6.42. The Balaban J connectivity index is 1.98. The molecule has 0 saturated heterocycles. The first-order valence-electron chi connectivity index (χ1n) is 6.67. The maximum Gasteiger partial charge on any atom is 0.275 e. The fraction of sp³-hybridized carbons (Fsp3) is 0.0588. The Bertz CT molecular complexity index is 825. The number of amides is 1. The van der Waals surface area contributed by atoms with E-state index in [0.29, 0.717) is 21.6 Å². The number of nitrogens with zero attached hydrogens (tertiary/aromatic N) is 1. The summed E-state index contributed by atoms with van der Waals surface area (Å²) >= 11 is 11.9. The zero-order valence-electron chi connectivity index (χ0n) is 11.7. The summed E-state index contributed by atoms with van der Waals surface area (Å²) in [7, 11) is 0. The van der Waals surface area contributed by atoms with Gasteiger partial charge in [0.05, 0.1) is 10.0 Å². The molecular formula is C17H12Cl2N2O. The van der Waals surface area contributed by atoms with Crippen molar-refractivity contribution in [3.63, 3.8) is 0 Å². The monoisotopic (exact) mass is 330 g/mol. The Hall–Kier alpha value is -2.10.